The Bertz CT molecular complexity index is 1360. The summed E-state index contributed by atoms with van der Waals surface area (Å²) < 4.78 is 52.2. The van der Waals surface area contributed by atoms with Gasteiger partial charge in [0, 0.05) is 32.3 Å². The smallest absolute Gasteiger partial charge is 0.450 e. The second-order valence-corrected chi connectivity index (χ2v) is 7.98. The number of hydrogen-bond acceptors (Lipinski definition) is 3. The Labute approximate surface area is 194 Å². The lowest BCUT2D eigenvalue weighted by molar-refractivity contribution is -0.152. The summed E-state index contributed by atoms with van der Waals surface area (Å²) in [6, 6.07) is 14.7. The minimum absolute atomic E-state index is 0.00113. The molecule has 32 heavy (non-hydrogen) atoms. The van der Waals surface area contributed by atoms with E-state index >= 15 is 0 Å². The SMILES string of the molecule is O=c1c(-c2ccccc2Cl)c(C(F)(F)F)oc2cc(OCc3c(Cl)cccc3Cl)ccc12. The standard InChI is InChI=1S/C23H12Cl3F3O3/c24-16-5-2-1-4-13(16)20-21(30)14-9-8-12(10-19(14)32-22(20)23(27,28)29)31-11-15-17(25)6-3-7-18(15)26/h1-10H,11H2. The van der Waals surface area contributed by atoms with Crippen LogP contribution in [-0.4, -0.2) is 0 Å². The van der Waals surface area contributed by atoms with Crippen LogP contribution in [0.1, 0.15) is 11.3 Å². The van der Waals surface area contributed by atoms with Crippen LogP contribution in [0.5, 0.6) is 5.75 Å². The third-order valence-corrected chi connectivity index (χ3v) is 5.75. The van der Waals surface area contributed by atoms with Gasteiger partial charge in [-0.15, -0.1) is 0 Å². The van der Waals surface area contributed by atoms with Crippen LogP contribution in [0, 0.1) is 0 Å². The minimum atomic E-state index is -4.93. The van der Waals surface area contributed by atoms with E-state index in [-0.39, 0.29) is 33.9 Å². The highest BCUT2D eigenvalue weighted by Gasteiger charge is 2.39. The van der Waals surface area contributed by atoms with Crippen molar-refractivity contribution in [2.24, 2.45) is 0 Å². The van der Waals surface area contributed by atoms with Crippen molar-refractivity contribution in [3.8, 4) is 16.9 Å². The monoisotopic (exact) mass is 498 g/mol. The van der Waals surface area contributed by atoms with Crippen LogP contribution in [0.4, 0.5) is 13.2 Å². The highest BCUT2D eigenvalue weighted by atomic mass is 35.5. The van der Waals surface area contributed by atoms with E-state index in [1.54, 1.807) is 24.3 Å². The molecule has 0 aliphatic heterocycles. The fraction of sp³-hybridized carbons (Fsp3) is 0.0870. The van der Waals surface area contributed by atoms with Gasteiger partial charge in [0.05, 0.1) is 10.9 Å². The van der Waals surface area contributed by atoms with Crippen LogP contribution in [0.3, 0.4) is 0 Å². The molecule has 1 aromatic heterocycles. The van der Waals surface area contributed by atoms with Crippen LogP contribution in [0.2, 0.25) is 15.1 Å². The molecule has 1 heterocycles. The number of ether oxygens (including phenoxy) is 1. The predicted octanol–water partition coefficient (Wildman–Crippen LogP) is 8.02. The first-order chi connectivity index (χ1) is 15.2. The van der Waals surface area contributed by atoms with Gasteiger partial charge in [-0.1, -0.05) is 59.1 Å². The van der Waals surface area contributed by atoms with Gasteiger partial charge in [0.1, 0.15) is 17.9 Å². The quantitative estimate of drug-likeness (QED) is 0.285. The molecule has 0 unspecified atom stereocenters. The van der Waals surface area contributed by atoms with E-state index in [1.165, 1.54) is 36.4 Å². The Morgan fingerprint density at radius 3 is 2.19 bits per heavy atom. The summed E-state index contributed by atoms with van der Waals surface area (Å²) in [7, 11) is 0. The molecule has 164 valence electrons. The lowest BCUT2D eigenvalue weighted by atomic mass is 10.0. The van der Waals surface area contributed by atoms with Gasteiger partial charge in [-0.05, 0) is 30.3 Å². The summed E-state index contributed by atoms with van der Waals surface area (Å²) in [6.45, 7) is -0.0297. The predicted molar refractivity (Wildman–Crippen MR) is 119 cm³/mol. The van der Waals surface area contributed by atoms with Gasteiger partial charge in [-0.2, -0.15) is 13.2 Å². The summed E-state index contributed by atoms with van der Waals surface area (Å²) in [5.41, 5.74) is -1.33. The number of halogens is 6. The Hall–Kier alpha value is -2.67. The van der Waals surface area contributed by atoms with Gasteiger partial charge < -0.3 is 9.15 Å². The second-order valence-electron chi connectivity index (χ2n) is 6.76. The normalized spacial score (nSPS) is 11.7. The summed E-state index contributed by atoms with van der Waals surface area (Å²) in [6.07, 6.45) is -4.93. The zero-order chi connectivity index (χ0) is 23.0. The zero-order valence-corrected chi connectivity index (χ0v) is 18.2. The van der Waals surface area contributed by atoms with Gasteiger partial charge in [0.25, 0.3) is 0 Å². The second kappa shape index (κ2) is 8.70. The van der Waals surface area contributed by atoms with Gasteiger partial charge in [-0.25, -0.2) is 0 Å². The number of rotatable bonds is 4. The molecule has 0 radical (unpaired) electrons. The maximum atomic E-state index is 13.8. The molecular weight excluding hydrogens is 488 g/mol. The summed E-state index contributed by atoms with van der Waals surface area (Å²) in [5, 5.41) is 0.722. The molecule has 0 fully saturated rings. The van der Waals surface area contributed by atoms with Crippen LogP contribution in [0.25, 0.3) is 22.1 Å². The topological polar surface area (TPSA) is 39.4 Å². The highest BCUT2D eigenvalue weighted by molar-refractivity contribution is 6.36. The van der Waals surface area contributed by atoms with Gasteiger partial charge in [-0.3, -0.25) is 4.79 Å². The van der Waals surface area contributed by atoms with E-state index in [9.17, 15) is 18.0 Å². The van der Waals surface area contributed by atoms with E-state index in [0.717, 1.165) is 0 Å². The fourth-order valence-electron chi connectivity index (χ4n) is 3.20. The van der Waals surface area contributed by atoms with E-state index in [4.69, 9.17) is 44.0 Å². The lowest BCUT2D eigenvalue weighted by Gasteiger charge is -2.14. The Kier molecular flexibility index (Phi) is 6.12. The molecule has 0 N–H and O–H groups in total. The molecule has 0 aliphatic rings. The van der Waals surface area contributed by atoms with Crippen molar-refractivity contribution >= 4 is 45.8 Å². The number of hydrogen-bond donors (Lipinski definition) is 0. The van der Waals surface area contributed by atoms with E-state index in [1.807, 2.05) is 0 Å². The van der Waals surface area contributed by atoms with Crippen molar-refractivity contribution in [2.75, 3.05) is 0 Å². The molecule has 0 amide bonds. The molecule has 0 saturated heterocycles. The number of alkyl halides is 3. The molecule has 0 atom stereocenters. The molecule has 0 aliphatic carbocycles. The summed E-state index contributed by atoms with van der Waals surface area (Å²) >= 11 is 18.3. The zero-order valence-electron chi connectivity index (χ0n) is 16.0. The van der Waals surface area contributed by atoms with E-state index in [0.29, 0.717) is 15.6 Å². The van der Waals surface area contributed by atoms with Gasteiger partial charge in [0.15, 0.2) is 0 Å². The van der Waals surface area contributed by atoms with Crippen LogP contribution >= 0.6 is 34.8 Å². The van der Waals surface area contributed by atoms with Crippen LogP contribution in [0.15, 0.2) is 69.9 Å². The first-order valence-electron chi connectivity index (χ1n) is 9.15. The molecule has 4 rings (SSSR count). The third kappa shape index (κ3) is 4.31. The molecule has 0 saturated carbocycles. The number of benzene rings is 3. The molecular formula is C23H12Cl3F3O3. The Morgan fingerprint density at radius 2 is 1.53 bits per heavy atom. The van der Waals surface area contributed by atoms with Crippen LogP contribution < -0.4 is 10.2 Å². The van der Waals surface area contributed by atoms with Crippen molar-refractivity contribution in [1.29, 1.82) is 0 Å². The first kappa shape index (κ1) is 22.5. The average Bonchev–Trinajstić information content (AvgIpc) is 2.73. The molecule has 9 heteroatoms. The molecule has 0 spiro atoms. The molecule has 3 aromatic carbocycles. The number of fused-ring (bicyclic) bond motifs is 1. The largest absolute Gasteiger partial charge is 0.489 e. The molecule has 3 nitrogen and oxygen atoms in total. The van der Waals surface area contributed by atoms with Gasteiger partial charge >= 0.3 is 6.18 Å². The maximum Gasteiger partial charge on any atom is 0.450 e. The third-order valence-electron chi connectivity index (χ3n) is 4.71. The molecule has 4 aromatic rings. The summed E-state index contributed by atoms with van der Waals surface area (Å²) in [4.78, 5) is 13.0. The summed E-state index contributed by atoms with van der Waals surface area (Å²) in [5.74, 6) is -1.26. The van der Waals surface area contributed by atoms with E-state index < -0.39 is 22.9 Å². The van der Waals surface area contributed by atoms with Crippen molar-refractivity contribution in [3.05, 3.63) is 97.3 Å². The Balaban J connectivity index is 1.82. The van der Waals surface area contributed by atoms with Crippen molar-refractivity contribution < 1.29 is 22.3 Å². The molecule has 0 bridgehead atoms. The van der Waals surface area contributed by atoms with Crippen molar-refractivity contribution in [2.45, 2.75) is 12.8 Å². The lowest BCUT2D eigenvalue weighted by Crippen LogP contribution is -2.16. The van der Waals surface area contributed by atoms with Crippen molar-refractivity contribution in [1.82, 2.24) is 0 Å². The van der Waals surface area contributed by atoms with E-state index in [2.05, 4.69) is 0 Å². The van der Waals surface area contributed by atoms with Crippen molar-refractivity contribution in [3.63, 3.8) is 0 Å². The maximum absolute atomic E-state index is 13.8. The highest BCUT2D eigenvalue weighted by Crippen LogP contribution is 2.39. The van der Waals surface area contributed by atoms with Gasteiger partial charge in [0.2, 0.25) is 11.2 Å². The first-order valence-corrected chi connectivity index (χ1v) is 10.3. The average molecular weight is 500 g/mol. The van der Waals surface area contributed by atoms with Crippen LogP contribution in [-0.2, 0) is 12.8 Å². The fourth-order valence-corrected chi connectivity index (χ4v) is 3.93. The Morgan fingerprint density at radius 1 is 0.875 bits per heavy atom. The minimum Gasteiger partial charge on any atom is -0.489 e.